The first-order valence-corrected chi connectivity index (χ1v) is 7.27. The number of aliphatic imine (C=N–C) groups is 1. The van der Waals surface area contributed by atoms with Crippen molar-refractivity contribution < 1.29 is 13.2 Å². The molecular weight excluding hydrogens is 289 g/mol. The third-order valence-electron chi connectivity index (χ3n) is 2.50. The van der Waals surface area contributed by atoms with Crippen LogP contribution in [0.25, 0.3) is 0 Å². The van der Waals surface area contributed by atoms with Gasteiger partial charge in [-0.25, -0.2) is 4.98 Å². The van der Waals surface area contributed by atoms with Crippen LogP contribution < -0.4 is 10.6 Å². The van der Waals surface area contributed by atoms with E-state index in [0.717, 1.165) is 23.5 Å². The molecule has 114 valence electrons. The van der Waals surface area contributed by atoms with Crippen LogP contribution in [0.1, 0.15) is 24.0 Å². The third kappa shape index (κ3) is 6.74. The molecule has 1 heterocycles. The summed E-state index contributed by atoms with van der Waals surface area (Å²) in [5.74, 6) is 0.375. The molecular formula is C12H19F3N4S. The van der Waals surface area contributed by atoms with E-state index >= 15 is 0 Å². The summed E-state index contributed by atoms with van der Waals surface area (Å²) in [4.78, 5) is 8.28. The molecule has 0 aliphatic heterocycles. The molecule has 0 saturated carbocycles. The van der Waals surface area contributed by atoms with Crippen LogP contribution >= 0.6 is 11.3 Å². The van der Waals surface area contributed by atoms with Gasteiger partial charge in [0.25, 0.3) is 0 Å². The zero-order valence-electron chi connectivity index (χ0n) is 11.5. The third-order valence-corrected chi connectivity index (χ3v) is 3.54. The molecule has 1 aromatic rings. The Bertz CT molecular complexity index is 429. The van der Waals surface area contributed by atoms with Gasteiger partial charge < -0.3 is 10.6 Å². The Hall–Kier alpha value is -1.31. The van der Waals surface area contributed by atoms with Crippen molar-refractivity contribution in [3.8, 4) is 0 Å². The van der Waals surface area contributed by atoms with Gasteiger partial charge in [-0.15, -0.1) is 11.3 Å². The van der Waals surface area contributed by atoms with E-state index in [1.54, 1.807) is 11.3 Å². The van der Waals surface area contributed by atoms with Crippen molar-refractivity contribution in [2.45, 2.75) is 32.4 Å². The van der Waals surface area contributed by atoms with E-state index in [1.807, 2.05) is 12.3 Å². The van der Waals surface area contributed by atoms with Gasteiger partial charge in [0.1, 0.15) is 0 Å². The van der Waals surface area contributed by atoms with Crippen LogP contribution in [0.3, 0.4) is 0 Å². The quantitative estimate of drug-likeness (QED) is 0.626. The highest BCUT2D eigenvalue weighted by atomic mass is 32.1. The molecule has 0 fully saturated rings. The fourth-order valence-electron chi connectivity index (χ4n) is 1.48. The largest absolute Gasteiger partial charge is 0.390 e. The van der Waals surface area contributed by atoms with E-state index in [0.29, 0.717) is 12.5 Å². The number of hydrogen-bond acceptors (Lipinski definition) is 3. The molecule has 1 aromatic heterocycles. The zero-order chi connectivity index (χ0) is 15.0. The highest BCUT2D eigenvalue weighted by molar-refractivity contribution is 7.09. The number of hydrogen-bond donors (Lipinski definition) is 2. The average Bonchev–Trinajstić information content (AvgIpc) is 2.83. The van der Waals surface area contributed by atoms with Gasteiger partial charge in [0.2, 0.25) is 0 Å². The lowest BCUT2D eigenvalue weighted by atomic mass is 10.3. The van der Waals surface area contributed by atoms with Crippen molar-refractivity contribution in [2.75, 3.05) is 20.1 Å². The molecule has 0 radical (unpaired) electrons. The second-order valence-electron chi connectivity index (χ2n) is 4.13. The Balaban J connectivity index is 2.24. The Labute approximate surface area is 120 Å². The minimum Gasteiger partial charge on any atom is -0.356 e. The first-order chi connectivity index (χ1) is 9.44. The van der Waals surface area contributed by atoms with E-state index in [-0.39, 0.29) is 6.54 Å². The number of nitrogens with one attached hydrogen (secondary N) is 2. The van der Waals surface area contributed by atoms with Gasteiger partial charge >= 0.3 is 6.18 Å². The number of halogens is 3. The van der Waals surface area contributed by atoms with Crippen LogP contribution in [0.15, 0.2) is 10.4 Å². The topological polar surface area (TPSA) is 49.3 Å². The summed E-state index contributed by atoms with van der Waals surface area (Å²) in [6, 6.07) is 0. The minimum atomic E-state index is -4.15. The van der Waals surface area contributed by atoms with Crippen LogP contribution in [-0.2, 0) is 12.8 Å². The fourth-order valence-corrected chi connectivity index (χ4v) is 2.26. The smallest absolute Gasteiger partial charge is 0.356 e. The van der Waals surface area contributed by atoms with E-state index in [1.165, 1.54) is 7.05 Å². The highest BCUT2D eigenvalue weighted by Gasteiger charge is 2.26. The van der Waals surface area contributed by atoms with Crippen LogP contribution in [0.4, 0.5) is 13.2 Å². The summed E-state index contributed by atoms with van der Waals surface area (Å²) < 4.78 is 36.0. The van der Waals surface area contributed by atoms with Crippen LogP contribution in [0.2, 0.25) is 0 Å². The molecule has 20 heavy (non-hydrogen) atoms. The van der Waals surface area contributed by atoms with Crippen molar-refractivity contribution in [1.29, 1.82) is 0 Å². The molecule has 0 aliphatic rings. The van der Waals surface area contributed by atoms with Crippen molar-refractivity contribution in [2.24, 2.45) is 4.99 Å². The second kappa shape index (κ2) is 8.08. The lowest BCUT2D eigenvalue weighted by Gasteiger charge is -2.12. The van der Waals surface area contributed by atoms with Gasteiger partial charge in [-0.05, 0) is 6.42 Å². The highest BCUT2D eigenvalue weighted by Crippen LogP contribution is 2.18. The molecule has 0 saturated heterocycles. The fraction of sp³-hybridized carbons (Fsp3) is 0.667. The molecule has 0 amide bonds. The molecule has 1 rings (SSSR count). The number of rotatable bonds is 6. The van der Waals surface area contributed by atoms with E-state index in [4.69, 9.17) is 0 Å². The molecule has 2 N–H and O–H groups in total. The standard InChI is InChI=1S/C12H19F3N4S/c1-3-10-19-9(8-20-10)4-6-17-11(16-2)18-7-5-12(13,14)15/h8H,3-7H2,1-2H3,(H2,16,17,18). The second-order valence-corrected chi connectivity index (χ2v) is 5.07. The van der Waals surface area contributed by atoms with E-state index < -0.39 is 12.6 Å². The maximum atomic E-state index is 12.0. The molecule has 8 heteroatoms. The average molecular weight is 308 g/mol. The van der Waals surface area contributed by atoms with Crippen molar-refractivity contribution in [3.05, 3.63) is 16.1 Å². The normalized spacial score (nSPS) is 12.6. The maximum absolute atomic E-state index is 12.0. The first-order valence-electron chi connectivity index (χ1n) is 6.39. The summed E-state index contributed by atoms with van der Waals surface area (Å²) in [7, 11) is 1.53. The van der Waals surface area contributed by atoms with Gasteiger partial charge in [0.05, 0.1) is 17.1 Å². The predicted molar refractivity (Wildman–Crippen MR) is 75.2 cm³/mol. The molecule has 0 spiro atoms. The number of guanidine groups is 1. The number of aryl methyl sites for hydroxylation is 1. The van der Waals surface area contributed by atoms with Gasteiger partial charge in [0.15, 0.2) is 5.96 Å². The van der Waals surface area contributed by atoms with Crippen LogP contribution in [-0.4, -0.2) is 37.3 Å². The summed E-state index contributed by atoms with van der Waals surface area (Å²) in [6.45, 7) is 2.45. The Morgan fingerprint density at radius 1 is 1.35 bits per heavy atom. The molecule has 0 aliphatic carbocycles. The molecule has 0 aromatic carbocycles. The molecule has 0 unspecified atom stereocenters. The summed E-state index contributed by atoms with van der Waals surface area (Å²) in [5.41, 5.74) is 0.991. The lowest BCUT2D eigenvalue weighted by Crippen LogP contribution is -2.39. The number of thiazole rings is 1. The van der Waals surface area contributed by atoms with Crippen LogP contribution in [0, 0.1) is 0 Å². The lowest BCUT2D eigenvalue weighted by molar-refractivity contribution is -0.132. The monoisotopic (exact) mass is 308 g/mol. The Morgan fingerprint density at radius 2 is 2.05 bits per heavy atom. The summed E-state index contributed by atoms with van der Waals surface area (Å²) >= 11 is 1.62. The summed E-state index contributed by atoms with van der Waals surface area (Å²) in [6.07, 6.45) is -3.39. The molecule has 0 bridgehead atoms. The van der Waals surface area contributed by atoms with E-state index in [2.05, 4.69) is 20.6 Å². The van der Waals surface area contributed by atoms with Crippen molar-refractivity contribution in [1.82, 2.24) is 15.6 Å². The van der Waals surface area contributed by atoms with Crippen LogP contribution in [0.5, 0.6) is 0 Å². The number of alkyl halides is 3. The predicted octanol–water partition coefficient (Wildman–Crippen LogP) is 2.37. The SMILES string of the molecule is CCc1nc(CCNC(=NC)NCCC(F)(F)F)cs1. The minimum absolute atomic E-state index is 0.181. The Morgan fingerprint density at radius 3 is 2.60 bits per heavy atom. The number of nitrogens with zero attached hydrogens (tertiary/aromatic N) is 2. The molecule has 4 nitrogen and oxygen atoms in total. The Kier molecular flexibility index (Phi) is 6.77. The van der Waals surface area contributed by atoms with E-state index in [9.17, 15) is 13.2 Å². The van der Waals surface area contributed by atoms with Gasteiger partial charge in [-0.3, -0.25) is 4.99 Å². The summed E-state index contributed by atoms with van der Waals surface area (Å²) in [5, 5.41) is 8.69. The maximum Gasteiger partial charge on any atom is 0.390 e. The number of aromatic nitrogens is 1. The zero-order valence-corrected chi connectivity index (χ0v) is 12.4. The van der Waals surface area contributed by atoms with Crippen molar-refractivity contribution in [3.63, 3.8) is 0 Å². The van der Waals surface area contributed by atoms with Gasteiger partial charge in [0, 0.05) is 31.9 Å². The van der Waals surface area contributed by atoms with Crippen molar-refractivity contribution >= 4 is 17.3 Å². The van der Waals surface area contributed by atoms with Gasteiger partial charge in [-0.2, -0.15) is 13.2 Å². The molecule has 0 atom stereocenters. The first kappa shape index (κ1) is 16.7. The van der Waals surface area contributed by atoms with Gasteiger partial charge in [-0.1, -0.05) is 6.92 Å².